The number of benzene rings is 1. The molecule has 1 aromatic rings. The van der Waals surface area contributed by atoms with Gasteiger partial charge in [0.2, 0.25) is 0 Å². The molecule has 0 saturated heterocycles. The molecule has 0 radical (unpaired) electrons. The van der Waals surface area contributed by atoms with Crippen LogP contribution in [0.1, 0.15) is 10.4 Å². The molecule has 0 saturated carbocycles. The van der Waals surface area contributed by atoms with Crippen LogP contribution in [0, 0.1) is 5.82 Å². The van der Waals surface area contributed by atoms with E-state index in [1.54, 1.807) is 0 Å². The fraction of sp³-hybridized carbons (Fsp3) is 0.222. The number of rotatable bonds is 3. The Morgan fingerprint density at radius 3 is 2.79 bits per heavy atom. The summed E-state index contributed by atoms with van der Waals surface area (Å²) in [5.41, 5.74) is 0.248. The number of nitrogens with one attached hydrogen (secondary N) is 1. The highest BCUT2D eigenvalue weighted by atomic mass is 35.5. The van der Waals surface area contributed by atoms with E-state index in [1.165, 1.54) is 12.1 Å². The first kappa shape index (κ1) is 11.3. The molecule has 1 amide bonds. The van der Waals surface area contributed by atoms with E-state index >= 15 is 0 Å². The van der Waals surface area contributed by atoms with Crippen LogP contribution < -0.4 is 5.32 Å². The molecular weight excluding hydrogens is 228 g/mol. The number of halogens is 3. The SMILES string of the molecule is O=C(NCCCl)c1ccc(F)cc1Cl. The lowest BCUT2D eigenvalue weighted by Gasteiger charge is -2.04. The summed E-state index contributed by atoms with van der Waals surface area (Å²) in [7, 11) is 0. The Hall–Kier alpha value is -0.800. The fourth-order valence-corrected chi connectivity index (χ4v) is 1.28. The van der Waals surface area contributed by atoms with Gasteiger partial charge in [-0.25, -0.2) is 4.39 Å². The maximum Gasteiger partial charge on any atom is 0.252 e. The second-order valence-electron chi connectivity index (χ2n) is 2.57. The van der Waals surface area contributed by atoms with Crippen LogP contribution in [0.3, 0.4) is 0 Å². The average Bonchev–Trinajstić information content (AvgIpc) is 2.14. The highest BCUT2D eigenvalue weighted by Crippen LogP contribution is 2.16. The molecule has 2 nitrogen and oxygen atoms in total. The van der Waals surface area contributed by atoms with Crippen molar-refractivity contribution in [3.63, 3.8) is 0 Å². The predicted octanol–water partition coefficient (Wildman–Crippen LogP) is 2.45. The Balaban J connectivity index is 2.80. The molecule has 76 valence electrons. The van der Waals surface area contributed by atoms with Crippen LogP contribution in [0.15, 0.2) is 18.2 Å². The molecular formula is C9H8Cl2FNO. The second kappa shape index (κ2) is 5.17. The maximum absolute atomic E-state index is 12.6. The van der Waals surface area contributed by atoms with Crippen LogP contribution >= 0.6 is 23.2 Å². The molecule has 0 fully saturated rings. The molecule has 0 atom stereocenters. The van der Waals surface area contributed by atoms with Crippen molar-refractivity contribution in [1.29, 1.82) is 0 Å². The zero-order valence-electron chi connectivity index (χ0n) is 7.19. The van der Waals surface area contributed by atoms with Gasteiger partial charge in [0.25, 0.3) is 5.91 Å². The number of hydrogen-bond donors (Lipinski definition) is 1. The minimum absolute atomic E-state index is 0.0945. The molecule has 0 aliphatic heterocycles. The van der Waals surface area contributed by atoms with Crippen molar-refractivity contribution in [2.75, 3.05) is 12.4 Å². The first-order valence-electron chi connectivity index (χ1n) is 3.94. The maximum atomic E-state index is 12.6. The van der Waals surface area contributed by atoms with Gasteiger partial charge in [0.15, 0.2) is 0 Å². The van der Waals surface area contributed by atoms with Crippen LogP contribution in [0.25, 0.3) is 0 Å². The Bertz CT molecular complexity index is 344. The first-order valence-corrected chi connectivity index (χ1v) is 4.85. The van der Waals surface area contributed by atoms with Gasteiger partial charge < -0.3 is 5.32 Å². The van der Waals surface area contributed by atoms with Gasteiger partial charge in [-0.15, -0.1) is 11.6 Å². The van der Waals surface area contributed by atoms with Crippen molar-refractivity contribution in [2.24, 2.45) is 0 Å². The van der Waals surface area contributed by atoms with E-state index in [0.29, 0.717) is 12.4 Å². The van der Waals surface area contributed by atoms with E-state index in [9.17, 15) is 9.18 Å². The molecule has 14 heavy (non-hydrogen) atoms. The summed E-state index contributed by atoms with van der Waals surface area (Å²) in [4.78, 5) is 11.4. The molecule has 1 rings (SSSR count). The molecule has 0 spiro atoms. The number of amides is 1. The van der Waals surface area contributed by atoms with E-state index in [-0.39, 0.29) is 16.5 Å². The summed E-state index contributed by atoms with van der Waals surface area (Å²) in [6.45, 7) is 0.355. The van der Waals surface area contributed by atoms with E-state index in [4.69, 9.17) is 23.2 Å². The van der Waals surface area contributed by atoms with Gasteiger partial charge in [0.05, 0.1) is 10.6 Å². The van der Waals surface area contributed by atoms with Crippen LogP contribution in [-0.2, 0) is 0 Å². The molecule has 0 heterocycles. The number of carbonyl (C=O) groups is 1. The topological polar surface area (TPSA) is 29.1 Å². The Labute approximate surface area is 91.0 Å². The predicted molar refractivity (Wildman–Crippen MR) is 54.5 cm³/mol. The van der Waals surface area contributed by atoms with Crippen LogP contribution in [0.2, 0.25) is 5.02 Å². The molecule has 0 unspecified atom stereocenters. The van der Waals surface area contributed by atoms with Crippen molar-refractivity contribution < 1.29 is 9.18 Å². The zero-order chi connectivity index (χ0) is 10.6. The molecule has 1 N–H and O–H groups in total. The van der Waals surface area contributed by atoms with E-state index in [1.807, 2.05) is 0 Å². The van der Waals surface area contributed by atoms with Gasteiger partial charge in [-0.3, -0.25) is 4.79 Å². The average molecular weight is 236 g/mol. The Morgan fingerprint density at radius 2 is 2.21 bits per heavy atom. The van der Waals surface area contributed by atoms with Crippen LogP contribution in [-0.4, -0.2) is 18.3 Å². The summed E-state index contributed by atoms with van der Waals surface area (Å²) in [6.07, 6.45) is 0. The van der Waals surface area contributed by atoms with Crippen molar-refractivity contribution in [3.8, 4) is 0 Å². The minimum atomic E-state index is -0.469. The van der Waals surface area contributed by atoms with E-state index in [0.717, 1.165) is 6.07 Å². The largest absolute Gasteiger partial charge is 0.351 e. The van der Waals surface area contributed by atoms with E-state index in [2.05, 4.69) is 5.32 Å². The van der Waals surface area contributed by atoms with Crippen molar-refractivity contribution in [3.05, 3.63) is 34.6 Å². The summed E-state index contributed by atoms with van der Waals surface area (Å²) in [6, 6.07) is 3.61. The molecule has 0 bridgehead atoms. The van der Waals surface area contributed by atoms with Gasteiger partial charge in [0.1, 0.15) is 5.82 Å². The van der Waals surface area contributed by atoms with Gasteiger partial charge in [-0.2, -0.15) is 0 Å². The van der Waals surface area contributed by atoms with Gasteiger partial charge in [0, 0.05) is 12.4 Å². The second-order valence-corrected chi connectivity index (χ2v) is 3.35. The van der Waals surface area contributed by atoms with Crippen molar-refractivity contribution in [2.45, 2.75) is 0 Å². The number of carbonyl (C=O) groups excluding carboxylic acids is 1. The molecule has 0 aromatic heterocycles. The van der Waals surface area contributed by atoms with Crippen LogP contribution in [0.4, 0.5) is 4.39 Å². The van der Waals surface area contributed by atoms with E-state index < -0.39 is 5.82 Å². The Kier molecular flexibility index (Phi) is 4.17. The fourth-order valence-electron chi connectivity index (χ4n) is 0.930. The third-order valence-corrected chi connectivity index (χ3v) is 2.06. The van der Waals surface area contributed by atoms with Gasteiger partial charge >= 0.3 is 0 Å². The number of alkyl halides is 1. The smallest absolute Gasteiger partial charge is 0.252 e. The third-order valence-electron chi connectivity index (χ3n) is 1.56. The molecule has 0 aliphatic carbocycles. The lowest BCUT2D eigenvalue weighted by Crippen LogP contribution is -2.25. The summed E-state index contributed by atoms with van der Waals surface area (Å²) < 4.78 is 12.6. The Morgan fingerprint density at radius 1 is 1.50 bits per heavy atom. The van der Waals surface area contributed by atoms with Crippen molar-refractivity contribution in [1.82, 2.24) is 5.32 Å². The molecule has 5 heteroatoms. The zero-order valence-corrected chi connectivity index (χ0v) is 8.70. The first-order chi connectivity index (χ1) is 6.65. The summed E-state index contributed by atoms with van der Waals surface area (Å²) in [5, 5.41) is 2.63. The minimum Gasteiger partial charge on any atom is -0.351 e. The molecule has 1 aromatic carbocycles. The van der Waals surface area contributed by atoms with Crippen molar-refractivity contribution >= 4 is 29.1 Å². The standard InChI is InChI=1S/C9H8Cl2FNO/c10-3-4-13-9(14)7-2-1-6(12)5-8(7)11/h1-2,5H,3-4H2,(H,13,14). The normalized spacial score (nSPS) is 9.93. The lowest BCUT2D eigenvalue weighted by atomic mass is 10.2. The quantitative estimate of drug-likeness (QED) is 0.802. The highest BCUT2D eigenvalue weighted by Gasteiger charge is 2.09. The van der Waals surface area contributed by atoms with Gasteiger partial charge in [-0.1, -0.05) is 11.6 Å². The van der Waals surface area contributed by atoms with Gasteiger partial charge in [-0.05, 0) is 18.2 Å². The lowest BCUT2D eigenvalue weighted by molar-refractivity contribution is 0.0956. The number of hydrogen-bond acceptors (Lipinski definition) is 1. The highest BCUT2D eigenvalue weighted by molar-refractivity contribution is 6.33. The third kappa shape index (κ3) is 2.86. The summed E-state index contributed by atoms with van der Waals surface area (Å²) in [5.74, 6) is -0.496. The van der Waals surface area contributed by atoms with Crippen LogP contribution in [0.5, 0.6) is 0 Å². The molecule has 0 aliphatic rings. The summed E-state index contributed by atoms with van der Waals surface area (Å²) >= 11 is 11.1. The monoisotopic (exact) mass is 235 g/mol.